The minimum Gasteiger partial charge on any atom is -0.481 e. The van der Waals surface area contributed by atoms with E-state index in [0.717, 1.165) is 32.1 Å². The molecule has 2 N–H and O–H groups in total. The highest BCUT2D eigenvalue weighted by Crippen LogP contribution is 2.36. The predicted molar refractivity (Wildman–Crippen MR) is 67.9 cm³/mol. The number of hydrogen-bond donors (Lipinski definition) is 2. The quantitative estimate of drug-likeness (QED) is 0.745. The molecule has 2 aliphatic carbocycles. The lowest BCUT2D eigenvalue weighted by atomic mass is 9.73. The Bertz CT molecular complexity index is 398. The second-order valence-electron chi connectivity index (χ2n) is 5.72. The van der Waals surface area contributed by atoms with Gasteiger partial charge >= 0.3 is 17.9 Å². The number of esters is 1. The second kappa shape index (κ2) is 6.24. The van der Waals surface area contributed by atoms with Crippen molar-refractivity contribution in [2.75, 3.05) is 0 Å². The molecule has 2 saturated carbocycles. The van der Waals surface area contributed by atoms with Crippen LogP contribution >= 0.6 is 0 Å². The van der Waals surface area contributed by atoms with Gasteiger partial charge in [0, 0.05) is 5.92 Å². The maximum Gasteiger partial charge on any atom is 0.345 e. The minimum atomic E-state index is -1.13. The Morgan fingerprint density at radius 1 is 0.900 bits per heavy atom. The number of carbonyl (C=O) groups excluding carboxylic acids is 1. The summed E-state index contributed by atoms with van der Waals surface area (Å²) in [6, 6.07) is 0. The molecule has 0 radical (unpaired) electrons. The van der Waals surface area contributed by atoms with Gasteiger partial charge in [-0.15, -0.1) is 0 Å². The van der Waals surface area contributed by atoms with E-state index in [1.165, 1.54) is 0 Å². The number of hydrogen-bond acceptors (Lipinski definition) is 4. The third kappa shape index (κ3) is 3.11. The zero-order valence-electron chi connectivity index (χ0n) is 11.3. The maximum absolute atomic E-state index is 11.9. The molecule has 6 heteroatoms. The summed E-state index contributed by atoms with van der Waals surface area (Å²) in [7, 11) is 0. The second-order valence-corrected chi connectivity index (χ2v) is 5.72. The van der Waals surface area contributed by atoms with Crippen LogP contribution in [-0.2, 0) is 19.1 Å². The van der Waals surface area contributed by atoms with Crippen molar-refractivity contribution in [3.05, 3.63) is 0 Å². The summed E-state index contributed by atoms with van der Waals surface area (Å²) >= 11 is 0. The van der Waals surface area contributed by atoms with Crippen LogP contribution in [-0.4, -0.2) is 34.2 Å². The number of carbonyl (C=O) groups is 3. The molecule has 0 bridgehead atoms. The molecule has 3 atom stereocenters. The van der Waals surface area contributed by atoms with Crippen molar-refractivity contribution in [1.82, 2.24) is 0 Å². The van der Waals surface area contributed by atoms with Gasteiger partial charge in [0.05, 0.1) is 11.8 Å². The van der Waals surface area contributed by atoms with E-state index in [0.29, 0.717) is 12.8 Å². The molecule has 2 fully saturated rings. The Balaban J connectivity index is 1.95. The van der Waals surface area contributed by atoms with Gasteiger partial charge < -0.3 is 14.9 Å². The fraction of sp³-hybridized carbons (Fsp3) is 0.786. The average molecular weight is 284 g/mol. The van der Waals surface area contributed by atoms with Crippen LogP contribution in [0, 0.1) is 17.8 Å². The summed E-state index contributed by atoms with van der Waals surface area (Å²) in [5.41, 5.74) is 0. The lowest BCUT2D eigenvalue weighted by Gasteiger charge is -2.34. The van der Waals surface area contributed by atoms with Gasteiger partial charge in [0.1, 0.15) is 0 Å². The Morgan fingerprint density at radius 3 is 1.95 bits per heavy atom. The molecular weight excluding hydrogens is 264 g/mol. The normalized spacial score (nSPS) is 28.2. The SMILES string of the molecule is O=C(O)C1CCC1C(=O)OC(C(=O)O)C1CCCCC1. The Hall–Kier alpha value is -1.59. The molecule has 0 aromatic heterocycles. The van der Waals surface area contributed by atoms with Crippen molar-refractivity contribution < 1.29 is 29.3 Å². The van der Waals surface area contributed by atoms with Crippen LogP contribution in [0.1, 0.15) is 44.9 Å². The zero-order chi connectivity index (χ0) is 14.7. The minimum absolute atomic E-state index is 0.145. The Morgan fingerprint density at radius 2 is 1.50 bits per heavy atom. The molecule has 0 saturated heterocycles. The van der Waals surface area contributed by atoms with E-state index in [1.54, 1.807) is 0 Å². The van der Waals surface area contributed by atoms with Gasteiger partial charge in [-0.25, -0.2) is 4.79 Å². The van der Waals surface area contributed by atoms with Gasteiger partial charge in [-0.3, -0.25) is 9.59 Å². The fourth-order valence-corrected chi connectivity index (χ4v) is 3.08. The molecule has 2 aliphatic rings. The predicted octanol–water partition coefficient (Wildman–Crippen LogP) is 1.67. The zero-order valence-corrected chi connectivity index (χ0v) is 11.3. The summed E-state index contributed by atoms with van der Waals surface area (Å²) in [6.07, 6.45) is 4.27. The Kier molecular flexibility index (Phi) is 4.62. The molecule has 0 aliphatic heterocycles. The highest BCUT2D eigenvalue weighted by molar-refractivity contribution is 5.85. The third-order valence-electron chi connectivity index (χ3n) is 4.46. The first-order valence-corrected chi connectivity index (χ1v) is 7.17. The number of carboxylic acid groups (broad SMARTS) is 2. The van der Waals surface area contributed by atoms with Gasteiger partial charge in [0.25, 0.3) is 0 Å². The molecule has 112 valence electrons. The van der Waals surface area contributed by atoms with Gasteiger partial charge in [0.15, 0.2) is 0 Å². The standard InChI is InChI=1S/C14H20O6/c15-12(16)9-6-7-10(9)14(19)20-11(13(17)18)8-4-2-1-3-5-8/h8-11H,1-7H2,(H,15,16)(H,17,18). The summed E-state index contributed by atoms with van der Waals surface area (Å²) in [5.74, 6) is -4.35. The molecule has 0 amide bonds. The van der Waals surface area contributed by atoms with E-state index in [2.05, 4.69) is 0 Å². The van der Waals surface area contributed by atoms with Crippen LogP contribution in [0.15, 0.2) is 0 Å². The maximum atomic E-state index is 11.9. The smallest absolute Gasteiger partial charge is 0.345 e. The first-order valence-electron chi connectivity index (χ1n) is 7.17. The number of carboxylic acids is 2. The lowest BCUT2D eigenvalue weighted by Crippen LogP contribution is -2.43. The van der Waals surface area contributed by atoms with Gasteiger partial charge in [0.2, 0.25) is 6.10 Å². The topological polar surface area (TPSA) is 101 Å². The third-order valence-corrected chi connectivity index (χ3v) is 4.46. The molecule has 0 aromatic rings. The van der Waals surface area contributed by atoms with E-state index in [4.69, 9.17) is 9.84 Å². The van der Waals surface area contributed by atoms with Crippen LogP contribution in [0.25, 0.3) is 0 Å². The monoisotopic (exact) mass is 284 g/mol. The first kappa shape index (κ1) is 14.8. The summed E-state index contributed by atoms with van der Waals surface area (Å²) in [4.78, 5) is 34.1. The van der Waals surface area contributed by atoms with Gasteiger partial charge in [-0.1, -0.05) is 19.3 Å². The molecule has 0 heterocycles. The molecule has 2 rings (SSSR count). The van der Waals surface area contributed by atoms with Crippen molar-refractivity contribution in [1.29, 1.82) is 0 Å². The van der Waals surface area contributed by atoms with Crippen LogP contribution < -0.4 is 0 Å². The van der Waals surface area contributed by atoms with Crippen LogP contribution in [0.4, 0.5) is 0 Å². The molecular formula is C14H20O6. The number of rotatable bonds is 5. The summed E-state index contributed by atoms with van der Waals surface area (Å²) < 4.78 is 5.13. The van der Waals surface area contributed by atoms with E-state index in [-0.39, 0.29) is 5.92 Å². The molecule has 3 unspecified atom stereocenters. The highest BCUT2D eigenvalue weighted by atomic mass is 16.6. The first-order chi connectivity index (χ1) is 9.50. The fourth-order valence-electron chi connectivity index (χ4n) is 3.08. The van der Waals surface area contributed by atoms with E-state index < -0.39 is 35.8 Å². The van der Waals surface area contributed by atoms with Crippen molar-refractivity contribution >= 4 is 17.9 Å². The van der Waals surface area contributed by atoms with Crippen LogP contribution in [0.2, 0.25) is 0 Å². The largest absolute Gasteiger partial charge is 0.481 e. The van der Waals surface area contributed by atoms with Crippen LogP contribution in [0.3, 0.4) is 0 Å². The molecule has 0 aromatic carbocycles. The van der Waals surface area contributed by atoms with Gasteiger partial charge in [-0.2, -0.15) is 0 Å². The number of ether oxygens (including phenoxy) is 1. The van der Waals surface area contributed by atoms with Crippen molar-refractivity contribution in [3.63, 3.8) is 0 Å². The number of aliphatic carboxylic acids is 2. The summed E-state index contributed by atoms with van der Waals surface area (Å²) in [5, 5.41) is 18.1. The average Bonchev–Trinajstić information content (AvgIpc) is 2.34. The van der Waals surface area contributed by atoms with Crippen molar-refractivity contribution in [3.8, 4) is 0 Å². The van der Waals surface area contributed by atoms with Crippen molar-refractivity contribution in [2.45, 2.75) is 51.0 Å². The van der Waals surface area contributed by atoms with E-state index >= 15 is 0 Å². The molecule has 20 heavy (non-hydrogen) atoms. The molecule has 6 nitrogen and oxygen atoms in total. The van der Waals surface area contributed by atoms with E-state index in [9.17, 15) is 19.5 Å². The lowest BCUT2D eigenvalue weighted by molar-refractivity contribution is -0.178. The summed E-state index contributed by atoms with van der Waals surface area (Å²) in [6.45, 7) is 0. The molecule has 0 spiro atoms. The highest BCUT2D eigenvalue weighted by Gasteiger charge is 2.44. The van der Waals surface area contributed by atoms with Gasteiger partial charge in [-0.05, 0) is 25.7 Å². The Labute approximate surface area is 117 Å². The van der Waals surface area contributed by atoms with Crippen molar-refractivity contribution in [2.24, 2.45) is 17.8 Å². The van der Waals surface area contributed by atoms with E-state index in [1.807, 2.05) is 0 Å². The van der Waals surface area contributed by atoms with Crippen LogP contribution in [0.5, 0.6) is 0 Å².